The number of aryl methyl sites for hydroxylation is 2. The number of nitrogens with zero attached hydrogens (tertiary/aromatic N) is 1. The minimum absolute atomic E-state index is 0.848. The molecule has 0 saturated carbocycles. The SMILES string of the molecule is CC/C=C\C=C(/CC)c1nc(Cc2ccc(-c3ccc(CC)cc3)s2)[nH]c1C. The van der Waals surface area contributed by atoms with E-state index < -0.39 is 0 Å². The van der Waals surface area contributed by atoms with E-state index in [0.29, 0.717) is 0 Å². The molecule has 0 aliphatic heterocycles. The number of hydrogen-bond acceptors (Lipinski definition) is 2. The first-order valence-electron chi connectivity index (χ1n) is 10.2. The summed E-state index contributed by atoms with van der Waals surface area (Å²) >= 11 is 1.85. The predicted octanol–water partition coefficient (Wildman–Crippen LogP) is 7.36. The predicted molar refractivity (Wildman–Crippen MR) is 123 cm³/mol. The summed E-state index contributed by atoms with van der Waals surface area (Å²) in [4.78, 5) is 11.1. The number of thiophene rings is 1. The maximum absolute atomic E-state index is 4.91. The lowest BCUT2D eigenvalue weighted by molar-refractivity contribution is 1.03. The van der Waals surface area contributed by atoms with Crippen molar-refractivity contribution in [2.75, 3.05) is 0 Å². The highest BCUT2D eigenvalue weighted by molar-refractivity contribution is 7.15. The Morgan fingerprint density at radius 2 is 1.86 bits per heavy atom. The number of rotatable bonds is 8. The van der Waals surface area contributed by atoms with Crippen molar-refractivity contribution in [3.8, 4) is 10.4 Å². The molecule has 0 bridgehead atoms. The summed E-state index contributed by atoms with van der Waals surface area (Å²) in [5, 5.41) is 0. The molecule has 1 N–H and O–H groups in total. The zero-order chi connectivity index (χ0) is 19.9. The fraction of sp³-hybridized carbons (Fsp3) is 0.320. The van der Waals surface area contributed by atoms with Gasteiger partial charge in [0, 0.05) is 21.9 Å². The van der Waals surface area contributed by atoms with E-state index in [2.05, 4.69) is 87.3 Å². The van der Waals surface area contributed by atoms with E-state index in [-0.39, 0.29) is 0 Å². The average Bonchev–Trinajstić information content (AvgIpc) is 3.32. The zero-order valence-electron chi connectivity index (χ0n) is 17.4. The fourth-order valence-electron chi connectivity index (χ4n) is 3.30. The van der Waals surface area contributed by atoms with Crippen molar-refractivity contribution in [3.05, 3.63) is 82.3 Å². The number of nitrogens with one attached hydrogen (secondary N) is 1. The summed E-state index contributed by atoms with van der Waals surface area (Å²) in [6, 6.07) is 13.4. The van der Waals surface area contributed by atoms with Gasteiger partial charge in [-0.3, -0.25) is 0 Å². The molecule has 0 aliphatic rings. The van der Waals surface area contributed by atoms with Crippen LogP contribution in [0, 0.1) is 6.92 Å². The quantitative estimate of drug-likeness (QED) is 0.400. The molecule has 3 rings (SSSR count). The van der Waals surface area contributed by atoms with Gasteiger partial charge in [0.05, 0.1) is 5.69 Å². The van der Waals surface area contributed by atoms with Gasteiger partial charge in [0.15, 0.2) is 0 Å². The summed E-state index contributed by atoms with van der Waals surface area (Å²) in [5.74, 6) is 1.04. The summed E-state index contributed by atoms with van der Waals surface area (Å²) in [7, 11) is 0. The van der Waals surface area contributed by atoms with Gasteiger partial charge in [0.25, 0.3) is 0 Å². The van der Waals surface area contributed by atoms with Crippen molar-refractivity contribution >= 4 is 16.9 Å². The zero-order valence-corrected chi connectivity index (χ0v) is 18.2. The molecule has 2 aromatic heterocycles. The summed E-state index contributed by atoms with van der Waals surface area (Å²) < 4.78 is 0. The molecule has 0 spiro atoms. The first kappa shape index (κ1) is 20.3. The third-order valence-electron chi connectivity index (χ3n) is 4.94. The lowest BCUT2D eigenvalue weighted by Crippen LogP contribution is -1.89. The molecule has 0 amide bonds. The van der Waals surface area contributed by atoms with Gasteiger partial charge in [-0.25, -0.2) is 4.98 Å². The third kappa shape index (κ3) is 4.90. The molecule has 2 nitrogen and oxygen atoms in total. The second-order valence-electron chi connectivity index (χ2n) is 7.03. The molecule has 0 radical (unpaired) electrons. The van der Waals surface area contributed by atoms with Crippen molar-refractivity contribution in [2.24, 2.45) is 0 Å². The van der Waals surface area contributed by atoms with Gasteiger partial charge in [0.2, 0.25) is 0 Å². The molecule has 28 heavy (non-hydrogen) atoms. The second kappa shape index (κ2) is 9.70. The fourth-order valence-corrected chi connectivity index (χ4v) is 4.32. The van der Waals surface area contributed by atoms with E-state index in [9.17, 15) is 0 Å². The smallest absolute Gasteiger partial charge is 0.112 e. The number of aromatic nitrogens is 2. The standard InChI is InChI=1S/C25H30N2S/c1-5-8-9-10-20(7-3)25-18(4)26-24(27-25)17-22-15-16-23(28-22)21-13-11-19(6-2)12-14-21/h8-16H,5-7,17H2,1-4H3,(H,26,27)/b9-8-,20-10+. The van der Waals surface area contributed by atoms with Crippen LogP contribution in [0.15, 0.2) is 54.6 Å². The molecule has 1 aromatic carbocycles. The normalized spacial score (nSPS) is 12.2. The van der Waals surface area contributed by atoms with Crippen LogP contribution in [0.2, 0.25) is 0 Å². The van der Waals surface area contributed by atoms with E-state index in [4.69, 9.17) is 4.98 Å². The van der Waals surface area contributed by atoms with Crippen molar-refractivity contribution in [1.82, 2.24) is 9.97 Å². The van der Waals surface area contributed by atoms with Gasteiger partial charge < -0.3 is 4.98 Å². The number of benzene rings is 1. The topological polar surface area (TPSA) is 28.7 Å². The van der Waals surface area contributed by atoms with Crippen LogP contribution in [-0.4, -0.2) is 9.97 Å². The molecular formula is C25H30N2S. The largest absolute Gasteiger partial charge is 0.345 e. The number of allylic oxidation sites excluding steroid dienone is 4. The van der Waals surface area contributed by atoms with Crippen LogP contribution in [0.5, 0.6) is 0 Å². The number of H-pyrrole nitrogens is 1. The Morgan fingerprint density at radius 1 is 1.07 bits per heavy atom. The van der Waals surface area contributed by atoms with Gasteiger partial charge in [-0.05, 0) is 55.0 Å². The number of hydrogen-bond donors (Lipinski definition) is 1. The van der Waals surface area contributed by atoms with E-state index in [1.54, 1.807) is 0 Å². The summed E-state index contributed by atoms with van der Waals surface area (Å²) in [6.45, 7) is 8.65. The van der Waals surface area contributed by atoms with E-state index in [1.807, 2.05) is 11.3 Å². The minimum atomic E-state index is 0.848. The Labute approximate surface area is 173 Å². The average molecular weight is 391 g/mol. The maximum atomic E-state index is 4.91. The van der Waals surface area contributed by atoms with Crippen LogP contribution < -0.4 is 0 Å². The van der Waals surface area contributed by atoms with Crippen molar-refractivity contribution < 1.29 is 0 Å². The summed E-state index contributed by atoms with van der Waals surface area (Å²) in [6.07, 6.45) is 10.5. The monoisotopic (exact) mass is 390 g/mol. The molecule has 2 heterocycles. The van der Waals surface area contributed by atoms with Gasteiger partial charge >= 0.3 is 0 Å². The molecule has 0 unspecified atom stereocenters. The van der Waals surface area contributed by atoms with Crippen molar-refractivity contribution in [2.45, 2.75) is 53.4 Å². The number of aromatic amines is 1. The van der Waals surface area contributed by atoms with Crippen LogP contribution in [0.1, 0.15) is 61.3 Å². The van der Waals surface area contributed by atoms with Crippen molar-refractivity contribution in [1.29, 1.82) is 0 Å². The van der Waals surface area contributed by atoms with Crippen LogP contribution >= 0.6 is 11.3 Å². The third-order valence-corrected chi connectivity index (χ3v) is 6.07. The minimum Gasteiger partial charge on any atom is -0.345 e. The molecule has 3 aromatic rings. The van der Waals surface area contributed by atoms with Crippen molar-refractivity contribution in [3.63, 3.8) is 0 Å². The molecule has 3 heteroatoms. The molecule has 0 aliphatic carbocycles. The van der Waals surface area contributed by atoms with E-state index in [1.165, 1.54) is 26.5 Å². The van der Waals surface area contributed by atoms with Gasteiger partial charge in [-0.1, -0.05) is 63.3 Å². The first-order chi connectivity index (χ1) is 13.6. The molecule has 0 saturated heterocycles. The Morgan fingerprint density at radius 3 is 2.54 bits per heavy atom. The van der Waals surface area contributed by atoms with E-state index in [0.717, 1.165) is 42.9 Å². The summed E-state index contributed by atoms with van der Waals surface area (Å²) in [5.41, 5.74) is 6.22. The Bertz CT molecular complexity index is 955. The van der Waals surface area contributed by atoms with Gasteiger partial charge in [-0.2, -0.15) is 0 Å². The number of imidazole rings is 1. The Hall–Kier alpha value is -2.39. The van der Waals surface area contributed by atoms with Crippen LogP contribution in [0.3, 0.4) is 0 Å². The highest BCUT2D eigenvalue weighted by Crippen LogP contribution is 2.30. The lowest BCUT2D eigenvalue weighted by Gasteiger charge is -2.00. The maximum Gasteiger partial charge on any atom is 0.112 e. The first-order valence-corrected chi connectivity index (χ1v) is 11.1. The molecule has 0 atom stereocenters. The Kier molecular flexibility index (Phi) is 7.05. The lowest BCUT2D eigenvalue weighted by atomic mass is 10.1. The van der Waals surface area contributed by atoms with Gasteiger partial charge in [0.1, 0.15) is 5.82 Å². The molecular weight excluding hydrogens is 360 g/mol. The Balaban J connectivity index is 1.76. The molecule has 146 valence electrons. The van der Waals surface area contributed by atoms with Crippen LogP contribution in [-0.2, 0) is 12.8 Å². The van der Waals surface area contributed by atoms with Gasteiger partial charge in [-0.15, -0.1) is 11.3 Å². The second-order valence-corrected chi connectivity index (χ2v) is 8.20. The van der Waals surface area contributed by atoms with E-state index >= 15 is 0 Å². The highest BCUT2D eigenvalue weighted by Gasteiger charge is 2.12. The van der Waals surface area contributed by atoms with Crippen LogP contribution in [0.25, 0.3) is 16.0 Å². The van der Waals surface area contributed by atoms with Crippen LogP contribution in [0.4, 0.5) is 0 Å². The molecule has 0 fully saturated rings. The highest BCUT2D eigenvalue weighted by atomic mass is 32.1.